The SMILES string of the molecule is O=C(NCc1cccc(C(=O)NCC2CCCO2)c1)c1ccnc(C(=O)O)c1. The van der Waals surface area contributed by atoms with Crippen molar-refractivity contribution in [2.24, 2.45) is 0 Å². The summed E-state index contributed by atoms with van der Waals surface area (Å²) in [7, 11) is 0. The van der Waals surface area contributed by atoms with Crippen LogP contribution < -0.4 is 10.6 Å². The molecule has 0 spiro atoms. The van der Waals surface area contributed by atoms with E-state index in [1.165, 1.54) is 18.3 Å². The molecule has 0 radical (unpaired) electrons. The Morgan fingerprint density at radius 3 is 2.64 bits per heavy atom. The third kappa shape index (κ3) is 5.14. The molecule has 1 saturated heterocycles. The smallest absolute Gasteiger partial charge is 0.354 e. The second-order valence-electron chi connectivity index (χ2n) is 6.46. The minimum absolute atomic E-state index is 0.0717. The summed E-state index contributed by atoms with van der Waals surface area (Å²) in [6.07, 6.45) is 3.31. The van der Waals surface area contributed by atoms with Gasteiger partial charge in [0.05, 0.1) is 6.10 Å². The summed E-state index contributed by atoms with van der Waals surface area (Å²) in [6, 6.07) is 9.62. The highest BCUT2D eigenvalue weighted by atomic mass is 16.5. The molecule has 3 rings (SSSR count). The minimum atomic E-state index is -1.20. The van der Waals surface area contributed by atoms with E-state index in [1.54, 1.807) is 24.3 Å². The summed E-state index contributed by atoms with van der Waals surface area (Å²) in [6.45, 7) is 1.42. The Morgan fingerprint density at radius 1 is 1.11 bits per heavy atom. The van der Waals surface area contributed by atoms with E-state index in [4.69, 9.17) is 9.84 Å². The largest absolute Gasteiger partial charge is 0.477 e. The van der Waals surface area contributed by atoms with E-state index in [-0.39, 0.29) is 29.8 Å². The second kappa shape index (κ2) is 9.09. The molecule has 0 bridgehead atoms. The molecule has 1 unspecified atom stereocenters. The molecule has 3 N–H and O–H groups in total. The van der Waals surface area contributed by atoms with Gasteiger partial charge in [0, 0.05) is 37.0 Å². The molecule has 8 nitrogen and oxygen atoms in total. The van der Waals surface area contributed by atoms with Gasteiger partial charge >= 0.3 is 5.97 Å². The average molecular weight is 383 g/mol. The summed E-state index contributed by atoms with van der Waals surface area (Å²) < 4.78 is 5.49. The maximum atomic E-state index is 12.3. The summed E-state index contributed by atoms with van der Waals surface area (Å²) in [5, 5.41) is 14.5. The molecule has 1 aliphatic rings. The first kappa shape index (κ1) is 19.5. The Morgan fingerprint density at radius 2 is 1.89 bits per heavy atom. The first-order chi connectivity index (χ1) is 13.5. The van der Waals surface area contributed by atoms with Gasteiger partial charge in [-0.05, 0) is 42.7 Å². The van der Waals surface area contributed by atoms with Crippen molar-refractivity contribution in [3.8, 4) is 0 Å². The predicted molar refractivity (Wildman–Crippen MR) is 100 cm³/mol. The zero-order valence-corrected chi connectivity index (χ0v) is 15.2. The molecule has 0 saturated carbocycles. The van der Waals surface area contributed by atoms with Gasteiger partial charge in [-0.2, -0.15) is 0 Å². The molecule has 2 aromatic rings. The fourth-order valence-electron chi connectivity index (χ4n) is 2.91. The number of carboxylic acids is 1. The van der Waals surface area contributed by atoms with Gasteiger partial charge in [0.1, 0.15) is 5.69 Å². The third-order valence-corrected chi connectivity index (χ3v) is 4.40. The number of rotatable bonds is 7. The summed E-state index contributed by atoms with van der Waals surface area (Å²) in [4.78, 5) is 39.2. The molecule has 2 amide bonds. The van der Waals surface area contributed by atoms with E-state index >= 15 is 0 Å². The Bertz CT molecular complexity index is 878. The molecule has 8 heteroatoms. The molecule has 146 valence electrons. The van der Waals surface area contributed by atoms with E-state index in [1.807, 2.05) is 0 Å². The van der Waals surface area contributed by atoms with Gasteiger partial charge in [-0.1, -0.05) is 12.1 Å². The van der Waals surface area contributed by atoms with Gasteiger partial charge < -0.3 is 20.5 Å². The number of carbonyl (C=O) groups excluding carboxylic acids is 2. The molecular weight excluding hydrogens is 362 g/mol. The van der Waals surface area contributed by atoms with Crippen LogP contribution in [0.15, 0.2) is 42.6 Å². The van der Waals surface area contributed by atoms with Crippen molar-refractivity contribution < 1.29 is 24.2 Å². The Hall–Kier alpha value is -3.26. The highest BCUT2D eigenvalue weighted by Crippen LogP contribution is 2.11. The zero-order valence-electron chi connectivity index (χ0n) is 15.2. The number of carboxylic acid groups (broad SMARTS) is 1. The van der Waals surface area contributed by atoms with Crippen LogP contribution in [0.3, 0.4) is 0 Å². The summed E-state index contributed by atoms with van der Waals surface area (Å²) in [5.41, 5.74) is 1.27. The van der Waals surface area contributed by atoms with Gasteiger partial charge in [-0.15, -0.1) is 0 Å². The number of nitrogens with zero attached hydrogens (tertiary/aromatic N) is 1. The molecule has 2 heterocycles. The monoisotopic (exact) mass is 383 g/mol. The summed E-state index contributed by atoms with van der Waals surface area (Å²) in [5.74, 6) is -1.81. The van der Waals surface area contributed by atoms with Gasteiger partial charge in [0.2, 0.25) is 0 Å². The highest BCUT2D eigenvalue weighted by Gasteiger charge is 2.17. The lowest BCUT2D eigenvalue weighted by Crippen LogP contribution is -2.31. The molecule has 0 aliphatic carbocycles. The quantitative estimate of drug-likeness (QED) is 0.669. The standard InChI is InChI=1S/C20H21N3O5/c24-18(23-12-16-5-2-8-28-16)14-4-1-3-13(9-14)11-22-19(25)15-6-7-21-17(10-15)20(26)27/h1,3-4,6-7,9-10,16H,2,5,8,11-12H2,(H,22,25)(H,23,24)(H,26,27). The Balaban J connectivity index is 1.56. The van der Waals surface area contributed by atoms with Crippen LogP contribution in [0.4, 0.5) is 0 Å². The molecule has 28 heavy (non-hydrogen) atoms. The van der Waals surface area contributed by atoms with Crippen molar-refractivity contribution >= 4 is 17.8 Å². The van der Waals surface area contributed by atoms with Crippen LogP contribution in [0.5, 0.6) is 0 Å². The molecule has 1 aromatic carbocycles. The number of benzene rings is 1. The predicted octanol–water partition coefficient (Wildman–Crippen LogP) is 1.62. The molecule has 1 fully saturated rings. The zero-order chi connectivity index (χ0) is 19.9. The lowest BCUT2D eigenvalue weighted by atomic mass is 10.1. The van der Waals surface area contributed by atoms with Crippen LogP contribution in [-0.4, -0.2) is 47.1 Å². The number of amides is 2. The number of aromatic nitrogens is 1. The van der Waals surface area contributed by atoms with Crippen molar-refractivity contribution in [3.63, 3.8) is 0 Å². The normalized spacial score (nSPS) is 15.8. The number of hydrogen-bond donors (Lipinski definition) is 3. The molecular formula is C20H21N3O5. The van der Waals surface area contributed by atoms with E-state index < -0.39 is 11.9 Å². The maximum Gasteiger partial charge on any atom is 0.354 e. The van der Waals surface area contributed by atoms with E-state index in [2.05, 4.69) is 15.6 Å². The van der Waals surface area contributed by atoms with E-state index in [0.29, 0.717) is 12.1 Å². The van der Waals surface area contributed by atoms with Crippen LogP contribution in [0.1, 0.15) is 49.6 Å². The number of aromatic carboxylic acids is 1. The number of hydrogen-bond acceptors (Lipinski definition) is 5. The van der Waals surface area contributed by atoms with Crippen LogP contribution in [0.2, 0.25) is 0 Å². The number of pyridine rings is 1. The lowest BCUT2D eigenvalue weighted by molar-refractivity contribution is 0.0690. The average Bonchev–Trinajstić information content (AvgIpc) is 3.24. The van der Waals surface area contributed by atoms with Gasteiger partial charge in [-0.25, -0.2) is 9.78 Å². The molecule has 1 aliphatic heterocycles. The van der Waals surface area contributed by atoms with Crippen molar-refractivity contribution in [1.29, 1.82) is 0 Å². The van der Waals surface area contributed by atoms with E-state index in [9.17, 15) is 14.4 Å². The summed E-state index contributed by atoms with van der Waals surface area (Å²) >= 11 is 0. The first-order valence-electron chi connectivity index (χ1n) is 8.99. The first-order valence-corrected chi connectivity index (χ1v) is 8.99. The van der Waals surface area contributed by atoms with Crippen molar-refractivity contribution in [3.05, 3.63) is 65.0 Å². The van der Waals surface area contributed by atoms with Crippen molar-refractivity contribution in [2.45, 2.75) is 25.5 Å². The maximum absolute atomic E-state index is 12.3. The minimum Gasteiger partial charge on any atom is -0.477 e. The Kier molecular flexibility index (Phi) is 6.33. The fourth-order valence-corrected chi connectivity index (χ4v) is 2.91. The lowest BCUT2D eigenvalue weighted by Gasteiger charge is -2.11. The van der Waals surface area contributed by atoms with Gasteiger partial charge in [-0.3, -0.25) is 9.59 Å². The molecule has 1 aromatic heterocycles. The third-order valence-electron chi connectivity index (χ3n) is 4.40. The van der Waals surface area contributed by atoms with Crippen LogP contribution in [-0.2, 0) is 11.3 Å². The number of carbonyl (C=O) groups is 3. The van der Waals surface area contributed by atoms with Gasteiger partial charge in [0.25, 0.3) is 11.8 Å². The number of ether oxygens (including phenoxy) is 1. The highest BCUT2D eigenvalue weighted by molar-refractivity contribution is 5.97. The number of nitrogens with one attached hydrogen (secondary N) is 2. The second-order valence-corrected chi connectivity index (χ2v) is 6.46. The van der Waals surface area contributed by atoms with E-state index in [0.717, 1.165) is 25.0 Å². The van der Waals surface area contributed by atoms with Crippen molar-refractivity contribution in [2.75, 3.05) is 13.2 Å². The fraction of sp³-hybridized carbons (Fsp3) is 0.300. The van der Waals surface area contributed by atoms with Crippen LogP contribution >= 0.6 is 0 Å². The Labute approximate surface area is 161 Å². The van der Waals surface area contributed by atoms with Crippen molar-refractivity contribution in [1.82, 2.24) is 15.6 Å². The van der Waals surface area contributed by atoms with Crippen LogP contribution in [0, 0.1) is 0 Å². The van der Waals surface area contributed by atoms with Crippen LogP contribution in [0.25, 0.3) is 0 Å². The van der Waals surface area contributed by atoms with Gasteiger partial charge in [0.15, 0.2) is 0 Å². The topological polar surface area (TPSA) is 118 Å². The molecule has 1 atom stereocenters.